The molecule has 0 bridgehead atoms. The molecule has 8 heteroatoms. The third-order valence-electron chi connectivity index (χ3n) is 4.39. The number of pyridine rings is 1. The number of amides is 2. The molecule has 0 saturated carbocycles. The van der Waals surface area contributed by atoms with Crippen LogP contribution in [0.2, 0.25) is 0 Å². The second kappa shape index (κ2) is 7.63. The first-order chi connectivity index (χ1) is 12.4. The van der Waals surface area contributed by atoms with Crippen LogP contribution in [0.3, 0.4) is 0 Å². The standard InChI is InChI=1S/C18H23N5O3/c1-12(2)17-20-15(21-26-17)11-22(3)18(25)14-7-16(24)23(10-14)9-13-5-4-6-19-8-13/h4-6,8,12,14H,7,9-11H2,1-3H3/t14-/m1/s1. The fourth-order valence-electron chi connectivity index (χ4n) is 2.97. The molecule has 0 unspecified atom stereocenters. The summed E-state index contributed by atoms with van der Waals surface area (Å²) in [7, 11) is 1.70. The Morgan fingerprint density at radius 3 is 2.92 bits per heavy atom. The maximum atomic E-state index is 12.7. The van der Waals surface area contributed by atoms with Gasteiger partial charge in [-0.2, -0.15) is 4.98 Å². The van der Waals surface area contributed by atoms with E-state index in [0.717, 1.165) is 5.56 Å². The van der Waals surface area contributed by atoms with Crippen LogP contribution in [0, 0.1) is 5.92 Å². The van der Waals surface area contributed by atoms with E-state index in [4.69, 9.17) is 4.52 Å². The van der Waals surface area contributed by atoms with Gasteiger partial charge in [-0.05, 0) is 11.6 Å². The molecule has 26 heavy (non-hydrogen) atoms. The smallest absolute Gasteiger partial charge is 0.229 e. The second-order valence-corrected chi connectivity index (χ2v) is 6.93. The molecule has 3 heterocycles. The van der Waals surface area contributed by atoms with Gasteiger partial charge in [-0.3, -0.25) is 14.6 Å². The van der Waals surface area contributed by atoms with Crippen molar-refractivity contribution >= 4 is 11.8 Å². The molecule has 1 fully saturated rings. The van der Waals surface area contributed by atoms with Crippen molar-refractivity contribution in [2.45, 2.75) is 39.3 Å². The fourth-order valence-corrected chi connectivity index (χ4v) is 2.97. The normalized spacial score (nSPS) is 17.2. The minimum atomic E-state index is -0.347. The van der Waals surface area contributed by atoms with E-state index >= 15 is 0 Å². The van der Waals surface area contributed by atoms with E-state index in [0.29, 0.717) is 24.8 Å². The minimum Gasteiger partial charge on any atom is -0.339 e. The lowest BCUT2D eigenvalue weighted by atomic mass is 10.1. The van der Waals surface area contributed by atoms with Crippen LogP contribution in [0.4, 0.5) is 0 Å². The van der Waals surface area contributed by atoms with Crippen LogP contribution in [0.1, 0.15) is 43.5 Å². The minimum absolute atomic E-state index is 0.0118. The van der Waals surface area contributed by atoms with Gasteiger partial charge in [-0.25, -0.2) is 0 Å². The van der Waals surface area contributed by atoms with Crippen molar-refractivity contribution in [1.29, 1.82) is 0 Å². The highest BCUT2D eigenvalue weighted by Gasteiger charge is 2.36. The largest absolute Gasteiger partial charge is 0.339 e. The van der Waals surface area contributed by atoms with Crippen molar-refractivity contribution in [3.63, 3.8) is 0 Å². The third-order valence-corrected chi connectivity index (χ3v) is 4.39. The molecular formula is C18H23N5O3. The lowest BCUT2D eigenvalue weighted by molar-refractivity contribution is -0.135. The first-order valence-electron chi connectivity index (χ1n) is 8.68. The van der Waals surface area contributed by atoms with Gasteiger partial charge >= 0.3 is 0 Å². The predicted octanol–water partition coefficient (Wildman–Crippen LogP) is 1.60. The summed E-state index contributed by atoms with van der Waals surface area (Å²) in [6.45, 7) is 5.09. The van der Waals surface area contributed by atoms with E-state index in [1.54, 1.807) is 29.2 Å². The Balaban J connectivity index is 1.58. The van der Waals surface area contributed by atoms with Crippen LogP contribution >= 0.6 is 0 Å². The summed E-state index contributed by atoms with van der Waals surface area (Å²) in [6, 6.07) is 3.76. The first-order valence-corrected chi connectivity index (χ1v) is 8.68. The lowest BCUT2D eigenvalue weighted by Gasteiger charge is -2.20. The number of hydrogen-bond donors (Lipinski definition) is 0. The van der Waals surface area contributed by atoms with Crippen molar-refractivity contribution in [3.8, 4) is 0 Å². The van der Waals surface area contributed by atoms with Gasteiger partial charge in [0.15, 0.2) is 5.82 Å². The Bertz CT molecular complexity index is 774. The summed E-state index contributed by atoms with van der Waals surface area (Å²) < 4.78 is 5.17. The monoisotopic (exact) mass is 357 g/mol. The Hall–Kier alpha value is -2.77. The van der Waals surface area contributed by atoms with Crippen LogP contribution in [0.15, 0.2) is 29.0 Å². The zero-order chi connectivity index (χ0) is 18.7. The summed E-state index contributed by atoms with van der Waals surface area (Å²) in [6.07, 6.45) is 3.66. The van der Waals surface area contributed by atoms with Gasteiger partial charge in [0.2, 0.25) is 17.7 Å². The molecule has 0 radical (unpaired) electrons. The number of aromatic nitrogens is 3. The van der Waals surface area contributed by atoms with E-state index in [2.05, 4.69) is 15.1 Å². The highest BCUT2D eigenvalue weighted by Crippen LogP contribution is 2.22. The molecule has 2 aromatic heterocycles. The number of carbonyl (C=O) groups excluding carboxylic acids is 2. The molecular weight excluding hydrogens is 334 g/mol. The molecule has 2 aromatic rings. The van der Waals surface area contributed by atoms with Gasteiger partial charge in [0.05, 0.1) is 12.5 Å². The van der Waals surface area contributed by atoms with E-state index in [-0.39, 0.29) is 36.6 Å². The van der Waals surface area contributed by atoms with Crippen LogP contribution < -0.4 is 0 Å². The van der Waals surface area contributed by atoms with Crippen molar-refractivity contribution in [2.24, 2.45) is 5.92 Å². The van der Waals surface area contributed by atoms with Gasteiger partial charge < -0.3 is 14.3 Å². The van der Waals surface area contributed by atoms with Gasteiger partial charge in [-0.15, -0.1) is 0 Å². The summed E-state index contributed by atoms with van der Waals surface area (Å²) >= 11 is 0. The summed E-state index contributed by atoms with van der Waals surface area (Å²) in [4.78, 5) is 36.5. The Morgan fingerprint density at radius 1 is 1.46 bits per heavy atom. The number of rotatable bonds is 6. The number of likely N-dealkylation sites (tertiary alicyclic amines) is 1. The highest BCUT2D eigenvalue weighted by atomic mass is 16.5. The van der Waals surface area contributed by atoms with E-state index in [1.165, 1.54) is 0 Å². The molecule has 0 aromatic carbocycles. The van der Waals surface area contributed by atoms with Gasteiger partial charge in [-0.1, -0.05) is 25.1 Å². The topological polar surface area (TPSA) is 92.4 Å². The molecule has 1 atom stereocenters. The molecule has 0 N–H and O–H groups in total. The molecule has 2 amide bonds. The average Bonchev–Trinajstić information content (AvgIpc) is 3.22. The zero-order valence-corrected chi connectivity index (χ0v) is 15.3. The zero-order valence-electron chi connectivity index (χ0n) is 15.3. The van der Waals surface area contributed by atoms with Gasteiger partial charge in [0.25, 0.3) is 0 Å². The Labute approximate surface area is 152 Å². The quantitative estimate of drug-likeness (QED) is 0.780. The number of nitrogens with zero attached hydrogens (tertiary/aromatic N) is 5. The van der Waals surface area contributed by atoms with E-state index < -0.39 is 0 Å². The molecule has 3 rings (SSSR count). The van der Waals surface area contributed by atoms with Crippen LogP contribution in [0.5, 0.6) is 0 Å². The molecule has 138 valence electrons. The number of carbonyl (C=O) groups is 2. The summed E-state index contributed by atoms with van der Waals surface area (Å²) in [5, 5.41) is 3.91. The SMILES string of the molecule is CC(C)c1nc(CN(C)C(=O)[C@@H]2CC(=O)N(Cc3cccnc3)C2)no1. The second-order valence-electron chi connectivity index (χ2n) is 6.93. The van der Waals surface area contributed by atoms with Crippen LogP contribution in [0.25, 0.3) is 0 Å². The first kappa shape index (κ1) is 18.0. The van der Waals surface area contributed by atoms with E-state index in [9.17, 15) is 9.59 Å². The predicted molar refractivity (Wildman–Crippen MR) is 92.6 cm³/mol. The molecule has 1 aliphatic rings. The molecule has 1 aliphatic heterocycles. The van der Waals surface area contributed by atoms with Crippen molar-refractivity contribution in [2.75, 3.05) is 13.6 Å². The van der Waals surface area contributed by atoms with Gasteiger partial charge in [0, 0.05) is 44.9 Å². The van der Waals surface area contributed by atoms with Crippen LogP contribution in [-0.2, 0) is 22.7 Å². The van der Waals surface area contributed by atoms with Crippen molar-refractivity contribution < 1.29 is 14.1 Å². The summed E-state index contributed by atoms with van der Waals surface area (Å²) in [5.74, 6) is 0.734. The van der Waals surface area contributed by atoms with E-state index in [1.807, 2.05) is 26.0 Å². The molecule has 0 aliphatic carbocycles. The third kappa shape index (κ3) is 4.07. The van der Waals surface area contributed by atoms with Crippen LogP contribution in [-0.4, -0.2) is 50.3 Å². The molecule has 0 spiro atoms. The van der Waals surface area contributed by atoms with Gasteiger partial charge in [0.1, 0.15) is 0 Å². The average molecular weight is 357 g/mol. The highest BCUT2D eigenvalue weighted by molar-refractivity contribution is 5.89. The Kier molecular flexibility index (Phi) is 5.29. The maximum Gasteiger partial charge on any atom is 0.229 e. The lowest BCUT2D eigenvalue weighted by Crippen LogP contribution is -2.34. The van der Waals surface area contributed by atoms with Crippen molar-refractivity contribution in [3.05, 3.63) is 41.8 Å². The maximum absolute atomic E-state index is 12.7. The van der Waals surface area contributed by atoms with Crippen molar-refractivity contribution in [1.82, 2.24) is 24.9 Å². The summed E-state index contributed by atoms with van der Waals surface area (Å²) in [5.41, 5.74) is 0.954. The Morgan fingerprint density at radius 2 is 2.27 bits per heavy atom. The molecule has 8 nitrogen and oxygen atoms in total. The fraction of sp³-hybridized carbons (Fsp3) is 0.500. The molecule has 1 saturated heterocycles. The number of hydrogen-bond acceptors (Lipinski definition) is 6.